The Hall–Kier alpha value is -1.52. The van der Waals surface area contributed by atoms with Crippen LogP contribution in [0.4, 0.5) is 0 Å². The molecule has 1 heterocycles. The lowest BCUT2D eigenvalue weighted by atomic mass is 10.1. The molecule has 1 aliphatic heterocycles. The van der Waals surface area contributed by atoms with Crippen molar-refractivity contribution < 1.29 is 19.1 Å². The number of hydrogen-bond donors (Lipinski definition) is 0. The van der Waals surface area contributed by atoms with Crippen molar-refractivity contribution in [2.75, 3.05) is 6.79 Å². The van der Waals surface area contributed by atoms with Gasteiger partial charge < -0.3 is 9.47 Å². The van der Waals surface area contributed by atoms with Gasteiger partial charge in [0.1, 0.15) is 0 Å². The largest absolute Gasteiger partial charge is 0.319 e. The molecule has 1 fully saturated rings. The second-order valence-corrected chi connectivity index (χ2v) is 3.22. The number of hydrogen-bond acceptors (Lipinski definition) is 4. The van der Waals surface area contributed by atoms with Gasteiger partial charge in [-0.3, -0.25) is 9.59 Å². The van der Waals surface area contributed by atoms with Gasteiger partial charge in [-0.25, -0.2) is 0 Å². The van der Waals surface area contributed by atoms with Crippen molar-refractivity contribution in [1.82, 2.24) is 0 Å². The maximum absolute atomic E-state index is 11.6. The van der Waals surface area contributed by atoms with Crippen LogP contribution < -0.4 is 0 Å². The highest BCUT2D eigenvalue weighted by Crippen LogP contribution is 2.12. The summed E-state index contributed by atoms with van der Waals surface area (Å²) in [4.78, 5) is 22.9. The van der Waals surface area contributed by atoms with Crippen LogP contribution in [0.2, 0.25) is 0 Å². The lowest BCUT2D eigenvalue weighted by molar-refractivity contribution is -0.302. The molecule has 0 radical (unpaired) electrons. The molecule has 4 heteroatoms. The Labute approximate surface area is 86.8 Å². The van der Waals surface area contributed by atoms with E-state index in [0.717, 1.165) is 0 Å². The van der Waals surface area contributed by atoms with Gasteiger partial charge in [0, 0.05) is 5.56 Å². The number of ketones is 2. The van der Waals surface area contributed by atoms with Gasteiger partial charge in [0.2, 0.25) is 6.29 Å². The first-order chi connectivity index (χ1) is 7.27. The predicted molar refractivity (Wildman–Crippen MR) is 51.2 cm³/mol. The molecular weight excluding hydrogens is 196 g/mol. The van der Waals surface area contributed by atoms with Crippen LogP contribution in [0.25, 0.3) is 0 Å². The van der Waals surface area contributed by atoms with Gasteiger partial charge in [0.05, 0.1) is 6.42 Å². The van der Waals surface area contributed by atoms with Gasteiger partial charge in [-0.2, -0.15) is 0 Å². The minimum absolute atomic E-state index is 0.135. The van der Waals surface area contributed by atoms with Crippen LogP contribution >= 0.6 is 0 Å². The molecule has 0 spiro atoms. The fraction of sp³-hybridized carbons (Fsp3) is 0.273. The van der Waals surface area contributed by atoms with Crippen molar-refractivity contribution in [3.05, 3.63) is 35.9 Å². The fourth-order valence-corrected chi connectivity index (χ4v) is 1.29. The Morgan fingerprint density at radius 1 is 1.20 bits per heavy atom. The van der Waals surface area contributed by atoms with E-state index in [1.165, 1.54) is 0 Å². The molecule has 1 aromatic rings. The first-order valence-electron chi connectivity index (χ1n) is 4.61. The van der Waals surface area contributed by atoms with E-state index in [-0.39, 0.29) is 24.8 Å². The van der Waals surface area contributed by atoms with Crippen LogP contribution in [0.15, 0.2) is 30.3 Å². The zero-order valence-electron chi connectivity index (χ0n) is 8.01. The molecule has 0 atom stereocenters. The fourth-order valence-electron chi connectivity index (χ4n) is 1.29. The van der Waals surface area contributed by atoms with Crippen LogP contribution in [0.5, 0.6) is 0 Å². The molecule has 0 N–H and O–H groups in total. The van der Waals surface area contributed by atoms with Crippen LogP contribution in [0.3, 0.4) is 0 Å². The number of ether oxygens (including phenoxy) is 2. The summed E-state index contributed by atoms with van der Waals surface area (Å²) in [6.07, 6.45) is -1.01. The number of carbonyl (C=O) groups is 2. The Kier molecular flexibility index (Phi) is 2.89. The second-order valence-electron chi connectivity index (χ2n) is 3.22. The average Bonchev–Trinajstić information content (AvgIpc) is 2.16. The molecule has 1 aliphatic rings. The molecule has 0 amide bonds. The summed E-state index contributed by atoms with van der Waals surface area (Å²) >= 11 is 0. The third kappa shape index (κ3) is 2.29. The van der Waals surface area contributed by atoms with E-state index < -0.39 is 6.29 Å². The maximum atomic E-state index is 11.6. The van der Waals surface area contributed by atoms with Crippen molar-refractivity contribution >= 4 is 11.6 Å². The minimum Gasteiger partial charge on any atom is -0.319 e. The summed E-state index contributed by atoms with van der Waals surface area (Å²) in [6.45, 7) is 0.135. The molecule has 0 bridgehead atoms. The topological polar surface area (TPSA) is 52.6 Å². The molecule has 78 valence electrons. The van der Waals surface area contributed by atoms with Crippen LogP contribution in [0.1, 0.15) is 16.8 Å². The van der Waals surface area contributed by atoms with E-state index in [0.29, 0.717) is 5.56 Å². The number of rotatable bonds is 4. The Morgan fingerprint density at radius 3 is 2.40 bits per heavy atom. The van der Waals surface area contributed by atoms with E-state index in [1.807, 2.05) is 6.07 Å². The van der Waals surface area contributed by atoms with Gasteiger partial charge in [0.15, 0.2) is 18.4 Å². The van der Waals surface area contributed by atoms with Crippen LogP contribution in [-0.4, -0.2) is 24.6 Å². The summed E-state index contributed by atoms with van der Waals surface area (Å²) < 4.78 is 9.61. The zero-order chi connectivity index (χ0) is 10.7. The molecule has 0 saturated carbocycles. The second kappa shape index (κ2) is 4.33. The van der Waals surface area contributed by atoms with Gasteiger partial charge >= 0.3 is 0 Å². The lowest BCUT2D eigenvalue weighted by Crippen LogP contribution is -2.38. The highest BCUT2D eigenvalue weighted by molar-refractivity contribution is 6.08. The highest BCUT2D eigenvalue weighted by Gasteiger charge is 2.28. The molecule has 0 aromatic heterocycles. The lowest BCUT2D eigenvalue weighted by Gasteiger charge is -2.24. The Balaban J connectivity index is 1.95. The smallest absolute Gasteiger partial charge is 0.222 e. The first kappa shape index (κ1) is 10.0. The van der Waals surface area contributed by atoms with Gasteiger partial charge in [0.25, 0.3) is 0 Å². The predicted octanol–water partition coefficient (Wildman–Crippen LogP) is 1.16. The molecule has 1 aromatic carbocycles. The van der Waals surface area contributed by atoms with Crippen LogP contribution in [0, 0.1) is 0 Å². The van der Waals surface area contributed by atoms with Crippen molar-refractivity contribution in [2.24, 2.45) is 0 Å². The summed E-state index contributed by atoms with van der Waals surface area (Å²) in [7, 11) is 0. The van der Waals surface area contributed by atoms with E-state index in [4.69, 9.17) is 9.47 Å². The van der Waals surface area contributed by atoms with Gasteiger partial charge in [-0.05, 0) is 0 Å². The standard InChI is InChI=1S/C11H10O4/c12-9(8-4-2-1-3-5-8)6-10(13)11-14-7-15-11/h1-5,11H,6-7H2. The Morgan fingerprint density at radius 2 is 1.87 bits per heavy atom. The number of benzene rings is 1. The minimum atomic E-state index is -0.835. The first-order valence-corrected chi connectivity index (χ1v) is 4.61. The normalized spacial score (nSPS) is 15.7. The SMILES string of the molecule is O=C(CC(=O)C1OCO1)c1ccccc1. The van der Waals surface area contributed by atoms with Gasteiger partial charge in [-0.1, -0.05) is 30.3 Å². The third-order valence-electron chi connectivity index (χ3n) is 2.13. The number of carbonyl (C=O) groups excluding carboxylic acids is 2. The van der Waals surface area contributed by atoms with E-state index in [9.17, 15) is 9.59 Å². The molecule has 1 saturated heterocycles. The Bertz CT molecular complexity index is 367. The number of Topliss-reactive ketones (excluding diaryl/α,β-unsaturated/α-hetero) is 2. The van der Waals surface area contributed by atoms with Crippen LogP contribution in [-0.2, 0) is 14.3 Å². The summed E-state index contributed by atoms with van der Waals surface area (Å²) in [5.74, 6) is -0.533. The molecule has 4 nitrogen and oxygen atoms in total. The van der Waals surface area contributed by atoms with Crippen molar-refractivity contribution in [2.45, 2.75) is 12.7 Å². The maximum Gasteiger partial charge on any atom is 0.222 e. The van der Waals surface area contributed by atoms with E-state index >= 15 is 0 Å². The zero-order valence-corrected chi connectivity index (χ0v) is 8.01. The average molecular weight is 206 g/mol. The van der Waals surface area contributed by atoms with Crippen molar-refractivity contribution in [1.29, 1.82) is 0 Å². The molecule has 0 aliphatic carbocycles. The summed E-state index contributed by atoms with van der Waals surface area (Å²) in [6, 6.07) is 8.69. The van der Waals surface area contributed by atoms with E-state index in [2.05, 4.69) is 0 Å². The van der Waals surface area contributed by atoms with Crippen molar-refractivity contribution in [3.63, 3.8) is 0 Å². The third-order valence-corrected chi connectivity index (χ3v) is 2.13. The van der Waals surface area contributed by atoms with E-state index in [1.54, 1.807) is 24.3 Å². The molecule has 2 rings (SSSR count). The molecular formula is C11H10O4. The summed E-state index contributed by atoms with van der Waals surface area (Å²) in [5.41, 5.74) is 0.533. The quantitative estimate of drug-likeness (QED) is 0.548. The molecule has 0 unspecified atom stereocenters. The monoisotopic (exact) mass is 206 g/mol. The highest BCUT2D eigenvalue weighted by atomic mass is 16.8. The van der Waals surface area contributed by atoms with Gasteiger partial charge in [-0.15, -0.1) is 0 Å². The summed E-state index contributed by atoms with van der Waals surface area (Å²) in [5, 5.41) is 0. The molecule has 15 heavy (non-hydrogen) atoms. The van der Waals surface area contributed by atoms with Crippen molar-refractivity contribution in [3.8, 4) is 0 Å².